The van der Waals surface area contributed by atoms with Gasteiger partial charge in [-0.15, -0.1) is 0 Å². The van der Waals surface area contributed by atoms with Gasteiger partial charge in [0.15, 0.2) is 0 Å². The summed E-state index contributed by atoms with van der Waals surface area (Å²) < 4.78 is 25.4. The van der Waals surface area contributed by atoms with Crippen LogP contribution in [0.15, 0.2) is 41.8 Å². The van der Waals surface area contributed by atoms with Crippen LogP contribution in [-0.2, 0) is 10.0 Å². The Balaban J connectivity index is 2.72. The van der Waals surface area contributed by atoms with E-state index in [1.165, 1.54) is 6.08 Å². The number of benzene rings is 1. The number of rotatable bonds is 5. The van der Waals surface area contributed by atoms with Crippen LogP contribution >= 0.6 is 0 Å². The minimum Gasteiger partial charge on any atom is -0.392 e. The molecule has 0 fully saturated rings. The highest BCUT2D eigenvalue weighted by molar-refractivity contribution is 7.92. The SMILES string of the molecule is C[C@@H](NS(=O)(=O)/C=C\CO)c1ccccc1. The van der Waals surface area contributed by atoms with Gasteiger partial charge in [0.25, 0.3) is 0 Å². The Hall–Kier alpha value is -1.17. The van der Waals surface area contributed by atoms with Crippen molar-refractivity contribution >= 4 is 10.0 Å². The van der Waals surface area contributed by atoms with E-state index in [0.717, 1.165) is 11.0 Å². The monoisotopic (exact) mass is 241 g/mol. The number of aliphatic hydroxyl groups excluding tert-OH is 1. The zero-order valence-corrected chi connectivity index (χ0v) is 9.81. The van der Waals surface area contributed by atoms with E-state index in [2.05, 4.69) is 4.72 Å². The zero-order chi connectivity index (χ0) is 12.0. The molecule has 2 N–H and O–H groups in total. The van der Waals surface area contributed by atoms with E-state index in [1.54, 1.807) is 6.92 Å². The maximum atomic E-state index is 11.5. The molecule has 0 amide bonds. The fraction of sp³-hybridized carbons (Fsp3) is 0.273. The quantitative estimate of drug-likeness (QED) is 0.813. The van der Waals surface area contributed by atoms with Gasteiger partial charge in [-0.2, -0.15) is 0 Å². The van der Waals surface area contributed by atoms with Crippen LogP contribution in [0.1, 0.15) is 18.5 Å². The van der Waals surface area contributed by atoms with Gasteiger partial charge in [-0.25, -0.2) is 13.1 Å². The molecule has 5 heteroatoms. The van der Waals surface area contributed by atoms with Crippen LogP contribution in [0.3, 0.4) is 0 Å². The summed E-state index contributed by atoms with van der Waals surface area (Å²) >= 11 is 0. The Bertz CT molecular complexity index is 440. The average molecular weight is 241 g/mol. The molecule has 1 atom stereocenters. The van der Waals surface area contributed by atoms with Crippen molar-refractivity contribution in [1.82, 2.24) is 4.72 Å². The highest BCUT2D eigenvalue weighted by Gasteiger charge is 2.11. The van der Waals surface area contributed by atoms with Gasteiger partial charge in [0.05, 0.1) is 6.61 Å². The smallest absolute Gasteiger partial charge is 0.234 e. The van der Waals surface area contributed by atoms with Crippen LogP contribution in [-0.4, -0.2) is 20.1 Å². The van der Waals surface area contributed by atoms with Crippen molar-refractivity contribution in [2.24, 2.45) is 0 Å². The molecule has 0 aromatic heterocycles. The molecule has 0 spiro atoms. The predicted molar refractivity (Wildman–Crippen MR) is 63.1 cm³/mol. The number of aliphatic hydroxyl groups is 1. The highest BCUT2D eigenvalue weighted by atomic mass is 32.2. The molecule has 0 unspecified atom stereocenters. The lowest BCUT2D eigenvalue weighted by Crippen LogP contribution is -2.24. The van der Waals surface area contributed by atoms with E-state index in [1.807, 2.05) is 30.3 Å². The van der Waals surface area contributed by atoms with Crippen LogP contribution in [0.2, 0.25) is 0 Å². The third-order valence-electron chi connectivity index (χ3n) is 2.02. The Kier molecular flexibility index (Phi) is 4.67. The number of hydrogen-bond acceptors (Lipinski definition) is 3. The van der Waals surface area contributed by atoms with Gasteiger partial charge >= 0.3 is 0 Å². The lowest BCUT2D eigenvalue weighted by molar-refractivity contribution is 0.343. The maximum absolute atomic E-state index is 11.5. The average Bonchev–Trinajstić information content (AvgIpc) is 2.27. The summed E-state index contributed by atoms with van der Waals surface area (Å²) in [6.45, 7) is 1.47. The third-order valence-corrected chi connectivity index (χ3v) is 3.25. The summed E-state index contributed by atoms with van der Waals surface area (Å²) in [5, 5.41) is 9.47. The Labute approximate surface area is 95.7 Å². The van der Waals surface area contributed by atoms with Crippen LogP contribution in [0.5, 0.6) is 0 Å². The van der Waals surface area contributed by atoms with Crippen molar-refractivity contribution in [1.29, 1.82) is 0 Å². The van der Waals surface area contributed by atoms with Gasteiger partial charge < -0.3 is 5.11 Å². The molecule has 0 saturated carbocycles. The maximum Gasteiger partial charge on any atom is 0.234 e. The Morgan fingerprint density at radius 2 is 2.00 bits per heavy atom. The van der Waals surface area contributed by atoms with E-state index in [-0.39, 0.29) is 12.6 Å². The summed E-state index contributed by atoms with van der Waals surface area (Å²) in [6, 6.07) is 8.98. The zero-order valence-electron chi connectivity index (χ0n) is 9.00. The molecule has 0 aliphatic carbocycles. The molecule has 16 heavy (non-hydrogen) atoms. The molecule has 4 nitrogen and oxygen atoms in total. The van der Waals surface area contributed by atoms with Gasteiger partial charge in [0.1, 0.15) is 0 Å². The van der Waals surface area contributed by atoms with Crippen molar-refractivity contribution in [3.8, 4) is 0 Å². The first-order valence-electron chi connectivity index (χ1n) is 4.90. The minimum atomic E-state index is -3.48. The summed E-state index contributed by atoms with van der Waals surface area (Å²) in [6.07, 6.45) is 1.18. The Morgan fingerprint density at radius 3 is 2.56 bits per heavy atom. The van der Waals surface area contributed by atoms with Gasteiger partial charge in [-0.05, 0) is 18.6 Å². The second-order valence-electron chi connectivity index (χ2n) is 3.35. The molecule has 1 aromatic rings. The molecular formula is C11H15NO3S. The fourth-order valence-electron chi connectivity index (χ4n) is 1.27. The summed E-state index contributed by atoms with van der Waals surface area (Å²) in [7, 11) is -3.48. The molecule has 0 heterocycles. The fourth-order valence-corrected chi connectivity index (χ4v) is 2.31. The summed E-state index contributed by atoms with van der Waals surface area (Å²) in [5.41, 5.74) is 0.892. The van der Waals surface area contributed by atoms with Crippen LogP contribution < -0.4 is 4.72 Å². The molecule has 0 saturated heterocycles. The van der Waals surface area contributed by atoms with Crippen molar-refractivity contribution in [2.45, 2.75) is 13.0 Å². The second-order valence-corrected chi connectivity index (χ2v) is 4.95. The first kappa shape index (κ1) is 12.9. The first-order chi connectivity index (χ1) is 7.55. The van der Waals surface area contributed by atoms with Crippen molar-refractivity contribution in [3.05, 3.63) is 47.4 Å². The Morgan fingerprint density at radius 1 is 1.38 bits per heavy atom. The van der Waals surface area contributed by atoms with Crippen LogP contribution in [0.25, 0.3) is 0 Å². The molecule has 1 aromatic carbocycles. The molecule has 0 bridgehead atoms. The molecule has 88 valence electrons. The topological polar surface area (TPSA) is 66.4 Å². The largest absolute Gasteiger partial charge is 0.392 e. The number of hydrogen-bond donors (Lipinski definition) is 2. The van der Waals surface area contributed by atoms with Crippen molar-refractivity contribution in [2.75, 3.05) is 6.61 Å². The lowest BCUT2D eigenvalue weighted by Gasteiger charge is -2.12. The van der Waals surface area contributed by atoms with Crippen LogP contribution in [0.4, 0.5) is 0 Å². The molecule has 0 radical (unpaired) electrons. The number of nitrogens with one attached hydrogen (secondary N) is 1. The highest BCUT2D eigenvalue weighted by Crippen LogP contribution is 2.12. The van der Waals surface area contributed by atoms with E-state index in [9.17, 15) is 8.42 Å². The standard InChI is InChI=1S/C11H15NO3S/c1-10(11-6-3-2-4-7-11)12-16(14,15)9-5-8-13/h2-7,9-10,12-13H,8H2,1H3/b9-5-/t10-/m1/s1. The van der Waals surface area contributed by atoms with Crippen LogP contribution in [0, 0.1) is 0 Å². The predicted octanol–water partition coefficient (Wildman–Crippen LogP) is 1.17. The van der Waals surface area contributed by atoms with Crippen molar-refractivity contribution < 1.29 is 13.5 Å². The first-order valence-corrected chi connectivity index (χ1v) is 6.44. The summed E-state index contributed by atoms with van der Waals surface area (Å²) in [5.74, 6) is 0. The molecular weight excluding hydrogens is 226 g/mol. The van der Waals surface area contributed by atoms with E-state index in [4.69, 9.17) is 5.11 Å². The van der Waals surface area contributed by atoms with E-state index >= 15 is 0 Å². The number of sulfonamides is 1. The molecule has 0 aliphatic heterocycles. The molecule has 0 aliphatic rings. The van der Waals surface area contributed by atoms with E-state index in [0.29, 0.717) is 0 Å². The van der Waals surface area contributed by atoms with E-state index < -0.39 is 10.0 Å². The minimum absolute atomic E-state index is 0.291. The van der Waals surface area contributed by atoms with Gasteiger partial charge in [0.2, 0.25) is 10.0 Å². The third kappa shape index (κ3) is 4.14. The van der Waals surface area contributed by atoms with Gasteiger partial charge in [-0.3, -0.25) is 0 Å². The lowest BCUT2D eigenvalue weighted by atomic mass is 10.1. The molecule has 1 rings (SSSR count). The normalized spacial score (nSPS) is 14.1. The second kappa shape index (κ2) is 5.79. The summed E-state index contributed by atoms with van der Waals surface area (Å²) in [4.78, 5) is 0. The van der Waals surface area contributed by atoms with Gasteiger partial charge in [0, 0.05) is 11.4 Å². The van der Waals surface area contributed by atoms with Crippen molar-refractivity contribution in [3.63, 3.8) is 0 Å². The van der Waals surface area contributed by atoms with Gasteiger partial charge in [-0.1, -0.05) is 30.3 Å².